The number of rotatable bonds is 5. The zero-order chi connectivity index (χ0) is 17.7. The normalized spacial score (nSPS) is 12.7. The number of nitrogens with two attached hydrogens (primary N) is 1. The van der Waals surface area contributed by atoms with Crippen LogP contribution in [0.15, 0.2) is 36.9 Å². The summed E-state index contributed by atoms with van der Waals surface area (Å²) in [7, 11) is 0. The Labute approximate surface area is 143 Å². The monoisotopic (exact) mass is 327 g/mol. The summed E-state index contributed by atoms with van der Waals surface area (Å²) in [5.41, 5.74) is 10.2. The predicted octanol–water partition coefficient (Wildman–Crippen LogP) is 3.39. The Morgan fingerprint density at radius 2 is 1.83 bits per heavy atom. The van der Waals surface area contributed by atoms with Crippen LogP contribution in [-0.2, 0) is 14.9 Å². The maximum atomic E-state index is 11.7. The molecule has 0 aliphatic heterocycles. The van der Waals surface area contributed by atoms with Crippen molar-refractivity contribution < 1.29 is 9.53 Å². The van der Waals surface area contributed by atoms with Crippen molar-refractivity contribution in [3.63, 3.8) is 0 Å². The van der Waals surface area contributed by atoms with E-state index in [0.29, 0.717) is 6.61 Å². The van der Waals surface area contributed by atoms with Crippen LogP contribution in [0.25, 0.3) is 11.1 Å². The predicted molar refractivity (Wildman–Crippen MR) is 94.3 cm³/mol. The Kier molecular flexibility index (Phi) is 5.67. The first-order valence-electron chi connectivity index (χ1n) is 8.13. The van der Waals surface area contributed by atoms with Gasteiger partial charge in [0.05, 0.1) is 13.0 Å². The number of esters is 1. The highest BCUT2D eigenvalue weighted by Crippen LogP contribution is 2.31. The van der Waals surface area contributed by atoms with Crippen LogP contribution >= 0.6 is 0 Å². The maximum absolute atomic E-state index is 11.7. The SMILES string of the molecule is CCOC(=O)C[C@H](N)c1cc(-c2cncnc2)cc(C(C)(C)C)c1. The first-order chi connectivity index (χ1) is 11.3. The van der Waals surface area contributed by atoms with Crippen molar-refractivity contribution in [2.45, 2.75) is 45.6 Å². The van der Waals surface area contributed by atoms with Gasteiger partial charge in [-0.2, -0.15) is 0 Å². The van der Waals surface area contributed by atoms with Gasteiger partial charge in [0.15, 0.2) is 0 Å². The molecule has 0 bridgehead atoms. The van der Waals surface area contributed by atoms with Crippen molar-refractivity contribution in [2.24, 2.45) is 5.73 Å². The van der Waals surface area contributed by atoms with Gasteiger partial charge in [-0.3, -0.25) is 4.79 Å². The second-order valence-electron chi connectivity index (χ2n) is 6.84. The van der Waals surface area contributed by atoms with Crippen molar-refractivity contribution in [3.8, 4) is 11.1 Å². The second kappa shape index (κ2) is 7.53. The lowest BCUT2D eigenvalue weighted by molar-refractivity contribution is -0.143. The minimum Gasteiger partial charge on any atom is -0.466 e. The van der Waals surface area contributed by atoms with Crippen LogP contribution in [0.2, 0.25) is 0 Å². The highest BCUT2D eigenvalue weighted by atomic mass is 16.5. The Hall–Kier alpha value is -2.27. The number of carbonyl (C=O) groups is 1. The molecule has 0 aliphatic carbocycles. The Morgan fingerprint density at radius 3 is 2.42 bits per heavy atom. The van der Waals surface area contributed by atoms with Crippen molar-refractivity contribution in [1.82, 2.24) is 9.97 Å². The smallest absolute Gasteiger partial charge is 0.307 e. The zero-order valence-corrected chi connectivity index (χ0v) is 14.7. The number of carbonyl (C=O) groups excluding carboxylic acids is 1. The van der Waals surface area contributed by atoms with E-state index in [1.807, 2.05) is 6.07 Å². The summed E-state index contributed by atoms with van der Waals surface area (Å²) >= 11 is 0. The molecule has 128 valence electrons. The van der Waals surface area contributed by atoms with Crippen LogP contribution in [0, 0.1) is 0 Å². The van der Waals surface area contributed by atoms with E-state index in [1.165, 1.54) is 6.33 Å². The van der Waals surface area contributed by atoms with Gasteiger partial charge in [0.2, 0.25) is 0 Å². The molecule has 2 N–H and O–H groups in total. The average Bonchev–Trinajstić information content (AvgIpc) is 2.54. The third-order valence-electron chi connectivity index (χ3n) is 3.84. The minimum atomic E-state index is -0.408. The van der Waals surface area contributed by atoms with Crippen LogP contribution in [-0.4, -0.2) is 22.5 Å². The molecule has 0 unspecified atom stereocenters. The summed E-state index contributed by atoms with van der Waals surface area (Å²) in [6.07, 6.45) is 5.21. The molecule has 0 saturated heterocycles. The van der Waals surface area contributed by atoms with Gasteiger partial charge in [-0.15, -0.1) is 0 Å². The topological polar surface area (TPSA) is 78.1 Å². The summed E-state index contributed by atoms with van der Waals surface area (Å²) in [5.74, 6) is -0.282. The minimum absolute atomic E-state index is 0.0377. The van der Waals surface area contributed by atoms with Gasteiger partial charge < -0.3 is 10.5 Å². The molecule has 0 radical (unpaired) electrons. The molecular weight excluding hydrogens is 302 g/mol. The second-order valence-corrected chi connectivity index (χ2v) is 6.84. The molecule has 5 nitrogen and oxygen atoms in total. The van der Waals surface area contributed by atoms with Gasteiger partial charge >= 0.3 is 5.97 Å². The van der Waals surface area contributed by atoms with Crippen molar-refractivity contribution >= 4 is 5.97 Å². The van der Waals surface area contributed by atoms with Crippen LogP contribution in [0.5, 0.6) is 0 Å². The van der Waals surface area contributed by atoms with E-state index in [4.69, 9.17) is 10.5 Å². The lowest BCUT2D eigenvalue weighted by Crippen LogP contribution is -2.19. The molecule has 1 atom stereocenters. The quantitative estimate of drug-likeness (QED) is 0.852. The van der Waals surface area contributed by atoms with Crippen LogP contribution in [0.4, 0.5) is 0 Å². The van der Waals surface area contributed by atoms with Crippen molar-refractivity contribution in [3.05, 3.63) is 48.0 Å². The molecule has 0 spiro atoms. The van der Waals surface area contributed by atoms with Crippen molar-refractivity contribution in [1.29, 1.82) is 0 Å². The van der Waals surface area contributed by atoms with Gasteiger partial charge in [0.25, 0.3) is 0 Å². The van der Waals surface area contributed by atoms with Gasteiger partial charge in [-0.25, -0.2) is 9.97 Å². The summed E-state index contributed by atoms with van der Waals surface area (Å²) < 4.78 is 5.01. The zero-order valence-electron chi connectivity index (χ0n) is 14.7. The van der Waals surface area contributed by atoms with E-state index >= 15 is 0 Å². The first kappa shape index (κ1) is 18.1. The van der Waals surface area contributed by atoms with E-state index < -0.39 is 6.04 Å². The fourth-order valence-corrected chi connectivity index (χ4v) is 2.43. The van der Waals surface area contributed by atoms with Gasteiger partial charge in [-0.1, -0.05) is 32.9 Å². The highest BCUT2D eigenvalue weighted by Gasteiger charge is 2.19. The number of nitrogens with zero attached hydrogens (tertiary/aromatic N) is 2. The summed E-state index contributed by atoms with van der Waals surface area (Å²) in [6.45, 7) is 8.59. The molecule has 2 aromatic rings. The van der Waals surface area contributed by atoms with E-state index in [9.17, 15) is 4.79 Å². The van der Waals surface area contributed by atoms with Gasteiger partial charge in [0.1, 0.15) is 6.33 Å². The molecule has 1 aromatic carbocycles. The average molecular weight is 327 g/mol. The molecule has 24 heavy (non-hydrogen) atoms. The lowest BCUT2D eigenvalue weighted by Gasteiger charge is -2.23. The van der Waals surface area contributed by atoms with E-state index in [-0.39, 0.29) is 17.8 Å². The maximum Gasteiger partial charge on any atom is 0.307 e. The Balaban J connectivity index is 2.42. The van der Waals surface area contributed by atoms with E-state index in [1.54, 1.807) is 19.3 Å². The molecule has 1 heterocycles. The molecule has 0 aliphatic rings. The first-order valence-corrected chi connectivity index (χ1v) is 8.13. The van der Waals surface area contributed by atoms with Crippen LogP contribution in [0.3, 0.4) is 0 Å². The fraction of sp³-hybridized carbons (Fsp3) is 0.421. The Bertz CT molecular complexity index is 694. The van der Waals surface area contributed by atoms with E-state index in [0.717, 1.165) is 22.3 Å². The lowest BCUT2D eigenvalue weighted by atomic mass is 9.83. The fourth-order valence-electron chi connectivity index (χ4n) is 2.43. The van der Waals surface area contributed by atoms with Crippen LogP contribution < -0.4 is 5.73 Å². The number of hydrogen-bond acceptors (Lipinski definition) is 5. The van der Waals surface area contributed by atoms with Crippen molar-refractivity contribution in [2.75, 3.05) is 6.61 Å². The third kappa shape index (κ3) is 4.61. The molecule has 2 rings (SSSR count). The highest BCUT2D eigenvalue weighted by molar-refractivity contribution is 5.71. The van der Waals surface area contributed by atoms with Gasteiger partial charge in [-0.05, 0) is 35.1 Å². The van der Waals surface area contributed by atoms with E-state index in [2.05, 4.69) is 42.9 Å². The summed E-state index contributed by atoms with van der Waals surface area (Å²) in [6, 6.07) is 5.78. The third-order valence-corrected chi connectivity index (χ3v) is 3.84. The molecule has 1 aromatic heterocycles. The molecule has 5 heteroatoms. The number of hydrogen-bond donors (Lipinski definition) is 1. The Morgan fingerprint density at radius 1 is 1.17 bits per heavy atom. The number of ether oxygens (including phenoxy) is 1. The molecule has 0 amide bonds. The largest absolute Gasteiger partial charge is 0.466 e. The molecular formula is C19H25N3O2. The number of benzene rings is 1. The standard InChI is InChI=1S/C19H25N3O2/c1-5-24-18(23)9-17(20)14-6-13(15-10-21-12-22-11-15)7-16(8-14)19(2,3)4/h6-8,10-12,17H,5,9,20H2,1-4H3/t17-/m0/s1. The molecule has 0 saturated carbocycles. The summed E-state index contributed by atoms with van der Waals surface area (Å²) in [5, 5.41) is 0. The number of aromatic nitrogens is 2. The van der Waals surface area contributed by atoms with Crippen LogP contribution in [0.1, 0.15) is 51.3 Å². The van der Waals surface area contributed by atoms with Gasteiger partial charge in [0, 0.05) is 24.0 Å². The molecule has 0 fully saturated rings. The summed E-state index contributed by atoms with van der Waals surface area (Å²) in [4.78, 5) is 19.9.